The number of hydrogen-bond acceptors (Lipinski definition) is 8. The normalized spacial score (nSPS) is 34.1. The molecule has 8 nitrogen and oxygen atoms in total. The van der Waals surface area contributed by atoms with Crippen LogP contribution in [0.1, 0.15) is 39.7 Å². The van der Waals surface area contributed by atoms with Gasteiger partial charge in [-0.2, -0.15) is 0 Å². The quantitative estimate of drug-likeness (QED) is 0.575. The standard InChI is InChI=1S/C24H34O8/c1-23(2)28-15-18(30-23)19-20(21-22(29-19)32-24(3,4)31-21)27-12-8-11-17(25)14-26-13-16-9-6-5-7-10-16/h5-10,12,17-22,25H,11,13-15H2,1-4H3/b12-8+/t17-,18+,19+,20-,21+,22+/m0/s1. The summed E-state index contributed by atoms with van der Waals surface area (Å²) in [5.74, 6) is -1.42. The van der Waals surface area contributed by atoms with Crippen LogP contribution in [0, 0.1) is 0 Å². The molecule has 0 aliphatic carbocycles. The summed E-state index contributed by atoms with van der Waals surface area (Å²) in [5, 5.41) is 10.2. The average Bonchev–Trinajstić information content (AvgIpc) is 3.35. The highest BCUT2D eigenvalue weighted by Crippen LogP contribution is 2.42. The second-order valence-electron chi connectivity index (χ2n) is 9.30. The lowest BCUT2D eigenvalue weighted by atomic mass is 10.1. The molecule has 0 bridgehead atoms. The van der Waals surface area contributed by atoms with E-state index in [4.69, 9.17) is 33.2 Å². The van der Waals surface area contributed by atoms with E-state index >= 15 is 0 Å². The molecule has 0 radical (unpaired) electrons. The van der Waals surface area contributed by atoms with Crippen LogP contribution in [0.25, 0.3) is 0 Å². The lowest BCUT2D eigenvalue weighted by Crippen LogP contribution is -2.43. The molecule has 3 aliphatic rings. The monoisotopic (exact) mass is 450 g/mol. The maximum absolute atomic E-state index is 10.2. The van der Waals surface area contributed by atoms with Gasteiger partial charge in [0.2, 0.25) is 0 Å². The van der Waals surface area contributed by atoms with E-state index in [-0.39, 0.29) is 18.8 Å². The summed E-state index contributed by atoms with van der Waals surface area (Å²) >= 11 is 0. The van der Waals surface area contributed by atoms with Gasteiger partial charge in [-0.25, -0.2) is 0 Å². The molecule has 178 valence electrons. The van der Waals surface area contributed by atoms with Crippen LogP contribution in [0.5, 0.6) is 0 Å². The molecule has 1 aromatic rings. The summed E-state index contributed by atoms with van der Waals surface area (Å²) in [6, 6.07) is 9.86. The van der Waals surface area contributed by atoms with Crippen molar-refractivity contribution in [3.63, 3.8) is 0 Å². The molecule has 32 heavy (non-hydrogen) atoms. The van der Waals surface area contributed by atoms with Gasteiger partial charge in [-0.15, -0.1) is 0 Å². The van der Waals surface area contributed by atoms with Gasteiger partial charge in [0, 0.05) is 0 Å². The average molecular weight is 451 g/mol. The SMILES string of the molecule is CC1(C)O[C@H]2O[C@H]([C@H]3COC(C)(C)O3)[C@H](O/C=C/C[C@H](O)COCc3ccccc3)[C@H]2O1. The van der Waals surface area contributed by atoms with E-state index in [0.717, 1.165) is 5.56 Å². The molecule has 6 atom stereocenters. The van der Waals surface area contributed by atoms with Crippen molar-refractivity contribution in [1.29, 1.82) is 0 Å². The van der Waals surface area contributed by atoms with Crippen LogP contribution >= 0.6 is 0 Å². The largest absolute Gasteiger partial charge is 0.493 e. The van der Waals surface area contributed by atoms with Crippen molar-refractivity contribution in [1.82, 2.24) is 0 Å². The molecule has 1 N–H and O–H groups in total. The van der Waals surface area contributed by atoms with E-state index < -0.39 is 36.2 Å². The van der Waals surface area contributed by atoms with Crippen LogP contribution in [0.4, 0.5) is 0 Å². The highest BCUT2D eigenvalue weighted by atomic mass is 16.8. The molecular formula is C24H34O8. The van der Waals surface area contributed by atoms with Crippen molar-refractivity contribution in [2.75, 3.05) is 13.2 Å². The van der Waals surface area contributed by atoms with E-state index in [1.807, 2.05) is 58.0 Å². The molecule has 3 heterocycles. The van der Waals surface area contributed by atoms with Crippen molar-refractivity contribution in [3.05, 3.63) is 48.2 Å². The lowest BCUT2D eigenvalue weighted by Gasteiger charge is -2.28. The number of rotatable bonds is 9. The topological polar surface area (TPSA) is 84.8 Å². The van der Waals surface area contributed by atoms with Gasteiger partial charge in [-0.05, 0) is 45.8 Å². The van der Waals surface area contributed by atoms with Crippen molar-refractivity contribution in [3.8, 4) is 0 Å². The molecule has 3 saturated heterocycles. The van der Waals surface area contributed by atoms with Gasteiger partial charge >= 0.3 is 0 Å². The summed E-state index contributed by atoms with van der Waals surface area (Å²) in [5.41, 5.74) is 1.07. The smallest absolute Gasteiger partial charge is 0.191 e. The van der Waals surface area contributed by atoms with E-state index in [1.165, 1.54) is 0 Å². The minimum atomic E-state index is -0.746. The van der Waals surface area contributed by atoms with Crippen LogP contribution in [0.2, 0.25) is 0 Å². The van der Waals surface area contributed by atoms with Crippen LogP contribution in [0.3, 0.4) is 0 Å². The fraction of sp³-hybridized carbons (Fsp3) is 0.667. The minimum absolute atomic E-state index is 0.243. The Morgan fingerprint density at radius 2 is 1.84 bits per heavy atom. The van der Waals surface area contributed by atoms with Gasteiger partial charge in [0.25, 0.3) is 0 Å². The second kappa shape index (κ2) is 9.77. The molecular weight excluding hydrogens is 416 g/mol. The molecule has 1 aromatic carbocycles. The maximum Gasteiger partial charge on any atom is 0.191 e. The predicted octanol–water partition coefficient (Wildman–Crippen LogP) is 2.88. The first kappa shape index (κ1) is 23.6. The first-order chi connectivity index (χ1) is 15.2. The Hall–Kier alpha value is -1.52. The van der Waals surface area contributed by atoms with E-state index in [2.05, 4.69) is 0 Å². The van der Waals surface area contributed by atoms with E-state index in [1.54, 1.807) is 12.3 Å². The lowest BCUT2D eigenvalue weighted by molar-refractivity contribution is -0.232. The fourth-order valence-corrected chi connectivity index (χ4v) is 4.15. The van der Waals surface area contributed by atoms with Crippen molar-refractivity contribution in [2.24, 2.45) is 0 Å². The van der Waals surface area contributed by atoms with Gasteiger partial charge in [-0.3, -0.25) is 0 Å². The zero-order valence-electron chi connectivity index (χ0n) is 19.1. The zero-order valence-corrected chi connectivity index (χ0v) is 19.1. The van der Waals surface area contributed by atoms with Gasteiger partial charge < -0.3 is 38.3 Å². The fourth-order valence-electron chi connectivity index (χ4n) is 4.15. The highest BCUT2D eigenvalue weighted by molar-refractivity contribution is 5.13. The number of fused-ring (bicyclic) bond motifs is 1. The third-order valence-corrected chi connectivity index (χ3v) is 5.59. The van der Waals surface area contributed by atoms with E-state index in [0.29, 0.717) is 19.6 Å². The Bertz CT molecular complexity index is 765. The Morgan fingerprint density at radius 1 is 1.06 bits per heavy atom. The van der Waals surface area contributed by atoms with E-state index in [9.17, 15) is 5.11 Å². The molecule has 3 fully saturated rings. The maximum atomic E-state index is 10.2. The number of aliphatic hydroxyl groups is 1. The summed E-state index contributed by atoms with van der Waals surface area (Å²) in [6.45, 7) is 8.55. The van der Waals surface area contributed by atoms with Crippen molar-refractivity contribution >= 4 is 0 Å². The van der Waals surface area contributed by atoms with Crippen LogP contribution in [0.15, 0.2) is 42.7 Å². The molecule has 0 spiro atoms. The number of benzene rings is 1. The second-order valence-corrected chi connectivity index (χ2v) is 9.30. The van der Waals surface area contributed by atoms with Gasteiger partial charge in [0.15, 0.2) is 30.1 Å². The first-order valence-corrected chi connectivity index (χ1v) is 11.2. The van der Waals surface area contributed by atoms with Crippen LogP contribution in [-0.4, -0.2) is 66.7 Å². The number of hydrogen-bond donors (Lipinski definition) is 1. The third kappa shape index (κ3) is 5.88. The molecule has 3 aliphatic heterocycles. The summed E-state index contributed by atoms with van der Waals surface area (Å²) < 4.78 is 41.3. The molecule has 0 saturated carbocycles. The molecule has 0 unspecified atom stereocenters. The van der Waals surface area contributed by atoms with Gasteiger partial charge in [0.1, 0.15) is 12.2 Å². The van der Waals surface area contributed by atoms with Crippen molar-refractivity contribution in [2.45, 2.75) is 89.1 Å². The molecule has 0 amide bonds. The molecule has 0 aromatic heterocycles. The van der Waals surface area contributed by atoms with Crippen molar-refractivity contribution < 1.29 is 38.3 Å². The number of aliphatic hydroxyl groups excluding tert-OH is 1. The van der Waals surface area contributed by atoms with Gasteiger partial charge in [-0.1, -0.05) is 30.3 Å². The summed E-state index contributed by atoms with van der Waals surface area (Å²) in [4.78, 5) is 0. The third-order valence-electron chi connectivity index (χ3n) is 5.59. The Labute approximate surface area is 189 Å². The Balaban J connectivity index is 1.27. The highest BCUT2D eigenvalue weighted by Gasteiger charge is 2.59. The minimum Gasteiger partial charge on any atom is -0.493 e. The van der Waals surface area contributed by atoms with Crippen LogP contribution < -0.4 is 0 Å². The number of ether oxygens (including phenoxy) is 7. The zero-order chi connectivity index (χ0) is 22.8. The van der Waals surface area contributed by atoms with Crippen LogP contribution in [-0.2, 0) is 39.8 Å². The summed E-state index contributed by atoms with van der Waals surface area (Å²) in [7, 11) is 0. The van der Waals surface area contributed by atoms with Gasteiger partial charge in [0.05, 0.1) is 32.2 Å². The molecule has 8 heteroatoms. The molecule has 4 rings (SSSR count). The summed E-state index contributed by atoms with van der Waals surface area (Å²) in [6.07, 6.45) is 1.11. The predicted molar refractivity (Wildman–Crippen MR) is 114 cm³/mol. The Kier molecular flexibility index (Phi) is 7.21. The Morgan fingerprint density at radius 3 is 2.56 bits per heavy atom. The first-order valence-electron chi connectivity index (χ1n) is 11.2.